The molecule has 5 nitrogen and oxygen atoms in total. The topological polar surface area (TPSA) is 71.3 Å². The Morgan fingerprint density at radius 2 is 1.59 bits per heavy atom. The first kappa shape index (κ1) is 20.1. The Kier molecular flexibility index (Phi) is 5.98. The van der Waals surface area contributed by atoms with E-state index in [0.717, 1.165) is 5.56 Å². The molecule has 148 valence electrons. The maximum absolute atomic E-state index is 13.1. The Hall–Kier alpha value is -3.60. The Balaban J connectivity index is 1.93. The van der Waals surface area contributed by atoms with E-state index in [4.69, 9.17) is 4.42 Å². The lowest BCUT2D eigenvalue weighted by Crippen LogP contribution is -2.40. The highest BCUT2D eigenvalue weighted by Crippen LogP contribution is 2.23. The number of carbonyl (C=O) groups excluding carboxylic acids is 2. The first-order chi connectivity index (χ1) is 13.8. The van der Waals surface area contributed by atoms with E-state index in [1.807, 2.05) is 51.1 Å². The molecule has 0 atom stereocenters. The zero-order valence-corrected chi connectivity index (χ0v) is 16.7. The SMILES string of the molecule is CC(C)(C)NC(=O)c1ccccc1NC(=O)/C(=C/c1ccco1)c1ccccc1. The molecule has 0 aliphatic heterocycles. The van der Waals surface area contributed by atoms with Crippen molar-refractivity contribution in [1.82, 2.24) is 5.32 Å². The largest absolute Gasteiger partial charge is 0.465 e. The molecule has 0 aliphatic carbocycles. The van der Waals surface area contributed by atoms with E-state index in [1.165, 1.54) is 0 Å². The average Bonchev–Trinajstić information content (AvgIpc) is 3.19. The molecule has 5 heteroatoms. The van der Waals surface area contributed by atoms with Gasteiger partial charge in [-0.2, -0.15) is 0 Å². The van der Waals surface area contributed by atoms with Crippen LogP contribution in [0.5, 0.6) is 0 Å². The molecule has 0 unspecified atom stereocenters. The van der Waals surface area contributed by atoms with E-state index in [-0.39, 0.29) is 17.4 Å². The zero-order chi connectivity index (χ0) is 20.9. The molecular formula is C24H24N2O3. The van der Waals surface area contributed by atoms with Gasteiger partial charge in [0.15, 0.2) is 0 Å². The third-order valence-electron chi connectivity index (χ3n) is 4.07. The lowest BCUT2D eigenvalue weighted by Gasteiger charge is -2.21. The first-order valence-corrected chi connectivity index (χ1v) is 9.37. The van der Waals surface area contributed by atoms with Gasteiger partial charge in [0, 0.05) is 5.54 Å². The summed E-state index contributed by atoms with van der Waals surface area (Å²) in [7, 11) is 0. The Labute approximate surface area is 170 Å². The third-order valence-corrected chi connectivity index (χ3v) is 4.07. The molecule has 2 amide bonds. The molecule has 0 radical (unpaired) electrons. The molecule has 1 heterocycles. The maximum atomic E-state index is 13.1. The Morgan fingerprint density at radius 1 is 0.897 bits per heavy atom. The molecule has 2 N–H and O–H groups in total. The van der Waals surface area contributed by atoms with Crippen LogP contribution in [0.1, 0.15) is 42.5 Å². The molecule has 0 saturated carbocycles. The van der Waals surface area contributed by atoms with Crippen molar-refractivity contribution in [3.63, 3.8) is 0 Å². The van der Waals surface area contributed by atoms with Crippen molar-refractivity contribution in [2.45, 2.75) is 26.3 Å². The smallest absolute Gasteiger partial charge is 0.256 e. The summed E-state index contributed by atoms with van der Waals surface area (Å²) in [5.74, 6) is -0.00829. The summed E-state index contributed by atoms with van der Waals surface area (Å²) in [4.78, 5) is 25.8. The molecule has 3 rings (SSSR count). The molecule has 29 heavy (non-hydrogen) atoms. The van der Waals surface area contributed by atoms with Crippen molar-refractivity contribution >= 4 is 29.2 Å². The molecule has 0 fully saturated rings. The van der Waals surface area contributed by atoms with Crippen molar-refractivity contribution in [2.24, 2.45) is 0 Å². The van der Waals surface area contributed by atoms with Gasteiger partial charge >= 0.3 is 0 Å². The normalized spacial score (nSPS) is 11.8. The fourth-order valence-electron chi connectivity index (χ4n) is 2.80. The third kappa shape index (κ3) is 5.45. The average molecular weight is 388 g/mol. The van der Waals surface area contributed by atoms with Crippen LogP contribution in [0.4, 0.5) is 5.69 Å². The van der Waals surface area contributed by atoms with E-state index in [2.05, 4.69) is 10.6 Å². The van der Waals surface area contributed by atoms with Crippen molar-refractivity contribution in [3.05, 3.63) is 89.9 Å². The maximum Gasteiger partial charge on any atom is 0.256 e. The predicted octanol–water partition coefficient (Wildman–Crippen LogP) is 4.99. The minimum Gasteiger partial charge on any atom is -0.465 e. The number of amides is 2. The quantitative estimate of drug-likeness (QED) is 0.605. The number of anilines is 1. The summed E-state index contributed by atoms with van der Waals surface area (Å²) in [6.45, 7) is 5.73. The van der Waals surface area contributed by atoms with Gasteiger partial charge in [-0.05, 0) is 56.7 Å². The van der Waals surface area contributed by atoms with Crippen molar-refractivity contribution in [1.29, 1.82) is 0 Å². The van der Waals surface area contributed by atoms with Gasteiger partial charge in [0.2, 0.25) is 0 Å². The molecular weight excluding hydrogens is 364 g/mol. The van der Waals surface area contributed by atoms with E-state index in [9.17, 15) is 9.59 Å². The van der Waals surface area contributed by atoms with Crippen molar-refractivity contribution in [2.75, 3.05) is 5.32 Å². The van der Waals surface area contributed by atoms with E-state index in [0.29, 0.717) is 22.6 Å². The number of carbonyl (C=O) groups is 2. The van der Waals surface area contributed by atoms with Crippen LogP contribution in [0, 0.1) is 0 Å². The van der Waals surface area contributed by atoms with Gasteiger partial charge in [0.05, 0.1) is 23.1 Å². The fourth-order valence-corrected chi connectivity index (χ4v) is 2.80. The highest BCUT2D eigenvalue weighted by Gasteiger charge is 2.20. The van der Waals surface area contributed by atoms with Crippen LogP contribution >= 0.6 is 0 Å². The van der Waals surface area contributed by atoms with Crippen molar-refractivity contribution < 1.29 is 14.0 Å². The van der Waals surface area contributed by atoms with Gasteiger partial charge in [0.25, 0.3) is 11.8 Å². The Morgan fingerprint density at radius 3 is 2.24 bits per heavy atom. The number of nitrogens with one attached hydrogen (secondary N) is 2. The summed E-state index contributed by atoms with van der Waals surface area (Å²) < 4.78 is 5.38. The van der Waals surface area contributed by atoms with Gasteiger partial charge in [-0.25, -0.2) is 0 Å². The first-order valence-electron chi connectivity index (χ1n) is 9.37. The summed E-state index contributed by atoms with van der Waals surface area (Å²) in [6, 6.07) is 19.8. The van der Waals surface area contributed by atoms with Crippen LogP contribution in [0.2, 0.25) is 0 Å². The second kappa shape index (κ2) is 8.61. The van der Waals surface area contributed by atoms with Gasteiger partial charge < -0.3 is 15.1 Å². The summed E-state index contributed by atoms with van der Waals surface area (Å²) in [5.41, 5.74) is 1.65. The monoisotopic (exact) mass is 388 g/mol. The lowest BCUT2D eigenvalue weighted by atomic mass is 10.0. The van der Waals surface area contributed by atoms with Crippen LogP contribution in [0.15, 0.2) is 77.4 Å². The van der Waals surface area contributed by atoms with Gasteiger partial charge in [-0.3, -0.25) is 9.59 Å². The zero-order valence-electron chi connectivity index (χ0n) is 16.7. The van der Waals surface area contributed by atoms with E-state index in [1.54, 1.807) is 48.7 Å². The summed E-state index contributed by atoms with van der Waals surface area (Å²) in [5, 5.41) is 5.80. The highest BCUT2D eigenvalue weighted by molar-refractivity contribution is 6.29. The summed E-state index contributed by atoms with van der Waals surface area (Å²) in [6.07, 6.45) is 3.24. The number of hydrogen-bond donors (Lipinski definition) is 2. The predicted molar refractivity (Wildman–Crippen MR) is 115 cm³/mol. The molecule has 0 saturated heterocycles. The highest BCUT2D eigenvalue weighted by atomic mass is 16.3. The minimum atomic E-state index is -0.386. The molecule has 1 aromatic heterocycles. The molecule has 2 aromatic carbocycles. The number of benzene rings is 2. The Bertz CT molecular complexity index is 1010. The second-order valence-corrected chi connectivity index (χ2v) is 7.64. The van der Waals surface area contributed by atoms with E-state index >= 15 is 0 Å². The van der Waals surface area contributed by atoms with Gasteiger partial charge in [-0.1, -0.05) is 42.5 Å². The standard InChI is InChI=1S/C24H24N2O3/c1-24(2,3)26-23(28)19-13-7-8-14-21(19)25-22(27)20(16-18-12-9-15-29-18)17-10-5-4-6-11-17/h4-16H,1-3H3,(H,25,27)(H,26,28)/b20-16+. The van der Waals surface area contributed by atoms with Gasteiger partial charge in [-0.15, -0.1) is 0 Å². The minimum absolute atomic E-state index is 0.246. The van der Waals surface area contributed by atoms with Crippen LogP contribution in [0.25, 0.3) is 11.6 Å². The molecule has 3 aromatic rings. The van der Waals surface area contributed by atoms with Crippen molar-refractivity contribution in [3.8, 4) is 0 Å². The molecule has 0 spiro atoms. The fraction of sp³-hybridized carbons (Fsp3) is 0.167. The van der Waals surface area contributed by atoms with Crippen LogP contribution in [-0.4, -0.2) is 17.4 Å². The molecule has 0 aliphatic rings. The number of hydrogen-bond acceptors (Lipinski definition) is 3. The number of furan rings is 1. The molecule has 0 bridgehead atoms. The number of rotatable bonds is 5. The van der Waals surface area contributed by atoms with Crippen LogP contribution in [-0.2, 0) is 4.79 Å². The second-order valence-electron chi connectivity index (χ2n) is 7.64. The van der Waals surface area contributed by atoms with Crippen LogP contribution in [0.3, 0.4) is 0 Å². The summed E-state index contributed by atoms with van der Waals surface area (Å²) >= 11 is 0. The van der Waals surface area contributed by atoms with Crippen LogP contribution < -0.4 is 10.6 Å². The van der Waals surface area contributed by atoms with E-state index < -0.39 is 0 Å². The number of para-hydroxylation sites is 1. The lowest BCUT2D eigenvalue weighted by molar-refractivity contribution is -0.111. The van der Waals surface area contributed by atoms with Gasteiger partial charge in [0.1, 0.15) is 5.76 Å².